The van der Waals surface area contributed by atoms with Crippen LogP contribution in [0.1, 0.15) is 5.56 Å². The van der Waals surface area contributed by atoms with Gasteiger partial charge in [0.2, 0.25) is 5.91 Å². The van der Waals surface area contributed by atoms with E-state index >= 15 is 0 Å². The second-order valence-corrected chi connectivity index (χ2v) is 6.10. The third-order valence-electron chi connectivity index (χ3n) is 3.10. The number of ether oxygens (including phenoxy) is 2. The number of anilines is 1. The fourth-order valence-corrected chi connectivity index (χ4v) is 2.52. The number of carbonyl (C=O) groups is 1. The lowest BCUT2D eigenvalue weighted by molar-refractivity contribution is -0.113. The summed E-state index contributed by atoms with van der Waals surface area (Å²) in [5.41, 5.74) is 1.95. The number of nitrogens with one attached hydrogen (secondary N) is 1. The maximum Gasteiger partial charge on any atom is 0.234 e. The van der Waals surface area contributed by atoms with Crippen LogP contribution in [0, 0.1) is 6.92 Å². The lowest BCUT2D eigenvalue weighted by Crippen LogP contribution is -2.15. The van der Waals surface area contributed by atoms with Gasteiger partial charge < -0.3 is 14.8 Å². The van der Waals surface area contributed by atoms with Crippen molar-refractivity contribution in [3.63, 3.8) is 0 Å². The van der Waals surface area contributed by atoms with Gasteiger partial charge in [0.1, 0.15) is 11.5 Å². The van der Waals surface area contributed by atoms with Crippen molar-refractivity contribution in [1.82, 2.24) is 0 Å². The van der Waals surface area contributed by atoms with Crippen molar-refractivity contribution in [1.29, 1.82) is 0 Å². The minimum absolute atomic E-state index is 0.0291. The van der Waals surface area contributed by atoms with Crippen LogP contribution in [0.3, 0.4) is 0 Å². The highest BCUT2D eigenvalue weighted by molar-refractivity contribution is 7.99. The maximum absolute atomic E-state index is 11.9. The van der Waals surface area contributed by atoms with Crippen LogP contribution in [0.2, 0.25) is 0 Å². The Morgan fingerprint density at radius 1 is 1.13 bits per heavy atom. The molecule has 0 aliphatic rings. The number of thioether (sulfide) groups is 1. The van der Waals surface area contributed by atoms with Gasteiger partial charge >= 0.3 is 0 Å². The van der Waals surface area contributed by atoms with E-state index in [4.69, 9.17) is 9.47 Å². The Bertz CT molecular complexity index is 628. The first kappa shape index (κ1) is 17.2. The second kappa shape index (κ2) is 9.10. The third kappa shape index (κ3) is 6.24. The Kier molecular flexibility index (Phi) is 6.81. The van der Waals surface area contributed by atoms with Gasteiger partial charge in [-0.3, -0.25) is 4.79 Å². The first-order valence-electron chi connectivity index (χ1n) is 7.38. The van der Waals surface area contributed by atoms with Crippen molar-refractivity contribution in [3.8, 4) is 11.5 Å². The minimum Gasteiger partial charge on any atom is -0.497 e. The van der Waals surface area contributed by atoms with Crippen LogP contribution >= 0.6 is 11.8 Å². The van der Waals surface area contributed by atoms with E-state index < -0.39 is 0 Å². The van der Waals surface area contributed by atoms with E-state index in [1.165, 1.54) is 5.56 Å². The normalized spacial score (nSPS) is 10.2. The molecule has 2 aromatic rings. The van der Waals surface area contributed by atoms with E-state index in [1.807, 2.05) is 49.4 Å². The third-order valence-corrected chi connectivity index (χ3v) is 4.03. The molecule has 1 amide bonds. The number of carbonyl (C=O) groups excluding carboxylic acids is 1. The number of benzene rings is 2. The van der Waals surface area contributed by atoms with Gasteiger partial charge in [0, 0.05) is 17.5 Å². The lowest BCUT2D eigenvalue weighted by Gasteiger charge is -2.08. The monoisotopic (exact) mass is 331 g/mol. The summed E-state index contributed by atoms with van der Waals surface area (Å²) < 4.78 is 10.7. The van der Waals surface area contributed by atoms with E-state index in [0.717, 1.165) is 22.9 Å². The number of rotatable bonds is 8. The molecule has 23 heavy (non-hydrogen) atoms. The van der Waals surface area contributed by atoms with Gasteiger partial charge in [-0.2, -0.15) is 0 Å². The summed E-state index contributed by atoms with van der Waals surface area (Å²) in [7, 11) is 1.60. The Morgan fingerprint density at radius 2 is 1.91 bits per heavy atom. The Hall–Kier alpha value is -2.14. The van der Waals surface area contributed by atoms with Crippen LogP contribution in [0.4, 0.5) is 5.69 Å². The van der Waals surface area contributed by atoms with E-state index in [1.54, 1.807) is 24.9 Å². The van der Waals surface area contributed by atoms with E-state index in [2.05, 4.69) is 5.32 Å². The summed E-state index contributed by atoms with van der Waals surface area (Å²) in [5.74, 6) is 2.71. The molecule has 1 N–H and O–H groups in total. The molecule has 0 atom stereocenters. The summed E-state index contributed by atoms with van der Waals surface area (Å²) in [6.45, 7) is 2.63. The molecule has 5 heteroatoms. The molecule has 0 aliphatic heterocycles. The van der Waals surface area contributed by atoms with Gasteiger partial charge in [0.05, 0.1) is 19.5 Å². The summed E-state index contributed by atoms with van der Waals surface area (Å²) in [6.07, 6.45) is 0. The molecule has 0 aromatic heterocycles. The van der Waals surface area contributed by atoms with Gasteiger partial charge in [-0.15, -0.1) is 11.8 Å². The smallest absolute Gasteiger partial charge is 0.234 e. The molecule has 4 nitrogen and oxygen atoms in total. The SMILES string of the molecule is COc1cccc(NC(=O)CSCCOc2ccc(C)cc2)c1. The van der Waals surface area contributed by atoms with Gasteiger partial charge in [-0.05, 0) is 31.2 Å². The van der Waals surface area contributed by atoms with Crippen molar-refractivity contribution in [3.05, 3.63) is 54.1 Å². The average Bonchev–Trinajstić information content (AvgIpc) is 2.56. The topological polar surface area (TPSA) is 47.6 Å². The van der Waals surface area contributed by atoms with Crippen molar-refractivity contribution < 1.29 is 14.3 Å². The molecule has 2 rings (SSSR count). The van der Waals surface area contributed by atoms with Crippen LogP contribution in [0.15, 0.2) is 48.5 Å². The summed E-state index contributed by atoms with van der Waals surface area (Å²) in [5, 5.41) is 2.85. The molecular formula is C18H21NO3S. The quantitative estimate of drug-likeness (QED) is 0.748. The van der Waals surface area contributed by atoms with Crippen LogP contribution in [0.5, 0.6) is 11.5 Å². The second-order valence-electron chi connectivity index (χ2n) is 4.99. The molecule has 0 radical (unpaired) electrons. The molecule has 122 valence electrons. The number of hydrogen-bond acceptors (Lipinski definition) is 4. The maximum atomic E-state index is 11.9. The molecule has 0 saturated heterocycles. The van der Waals surface area contributed by atoms with Crippen LogP contribution in [-0.2, 0) is 4.79 Å². The van der Waals surface area contributed by atoms with Gasteiger partial charge in [0.15, 0.2) is 0 Å². The predicted octanol–water partition coefficient (Wildman–Crippen LogP) is 3.75. The highest BCUT2D eigenvalue weighted by atomic mass is 32.2. The molecule has 0 fully saturated rings. The van der Waals surface area contributed by atoms with Crippen molar-refractivity contribution in [2.24, 2.45) is 0 Å². The fraction of sp³-hybridized carbons (Fsp3) is 0.278. The zero-order valence-electron chi connectivity index (χ0n) is 13.4. The Labute approximate surface area is 141 Å². The lowest BCUT2D eigenvalue weighted by atomic mass is 10.2. The number of aryl methyl sites for hydroxylation is 1. The van der Waals surface area contributed by atoms with E-state index in [-0.39, 0.29) is 5.91 Å². The van der Waals surface area contributed by atoms with Crippen LogP contribution in [-0.4, -0.2) is 31.1 Å². The zero-order chi connectivity index (χ0) is 16.5. The number of amides is 1. The fourth-order valence-electron chi connectivity index (χ4n) is 1.92. The first-order valence-corrected chi connectivity index (χ1v) is 8.54. The standard InChI is InChI=1S/C18H21NO3S/c1-14-6-8-16(9-7-14)22-10-11-23-13-18(20)19-15-4-3-5-17(12-15)21-2/h3-9,12H,10-11,13H2,1-2H3,(H,19,20). The summed E-state index contributed by atoms with van der Waals surface area (Å²) in [6, 6.07) is 15.3. The summed E-state index contributed by atoms with van der Waals surface area (Å²) >= 11 is 1.54. The van der Waals surface area contributed by atoms with Crippen LogP contribution < -0.4 is 14.8 Å². The van der Waals surface area contributed by atoms with Gasteiger partial charge in [0.25, 0.3) is 0 Å². The van der Waals surface area contributed by atoms with E-state index in [0.29, 0.717) is 12.4 Å². The molecule has 0 spiro atoms. The minimum atomic E-state index is -0.0291. The summed E-state index contributed by atoms with van der Waals surface area (Å²) in [4.78, 5) is 11.9. The Balaban J connectivity index is 1.63. The molecule has 2 aromatic carbocycles. The Morgan fingerprint density at radius 3 is 2.65 bits per heavy atom. The van der Waals surface area contributed by atoms with Crippen molar-refractivity contribution >= 4 is 23.4 Å². The molecule has 0 bridgehead atoms. The average molecular weight is 331 g/mol. The molecule has 0 aliphatic carbocycles. The van der Waals surface area contributed by atoms with Crippen molar-refractivity contribution in [2.75, 3.05) is 30.5 Å². The molecule has 0 unspecified atom stereocenters. The van der Waals surface area contributed by atoms with Crippen molar-refractivity contribution in [2.45, 2.75) is 6.92 Å². The number of methoxy groups -OCH3 is 1. The van der Waals surface area contributed by atoms with Gasteiger partial charge in [-0.25, -0.2) is 0 Å². The predicted molar refractivity (Wildman–Crippen MR) is 95.6 cm³/mol. The molecule has 0 saturated carbocycles. The zero-order valence-corrected chi connectivity index (χ0v) is 14.2. The molecular weight excluding hydrogens is 310 g/mol. The van der Waals surface area contributed by atoms with E-state index in [9.17, 15) is 4.79 Å². The molecule has 0 heterocycles. The highest BCUT2D eigenvalue weighted by Gasteiger charge is 2.03. The largest absolute Gasteiger partial charge is 0.497 e. The van der Waals surface area contributed by atoms with Gasteiger partial charge in [-0.1, -0.05) is 23.8 Å². The van der Waals surface area contributed by atoms with Crippen LogP contribution in [0.25, 0.3) is 0 Å². The highest BCUT2D eigenvalue weighted by Crippen LogP contribution is 2.17. The number of hydrogen-bond donors (Lipinski definition) is 1. The first-order chi connectivity index (χ1) is 11.2.